The van der Waals surface area contributed by atoms with Crippen LogP contribution in [0.25, 0.3) is 10.8 Å². The first-order valence-electron chi connectivity index (χ1n) is 11.3. The number of aromatic carboxylic acids is 1. The van der Waals surface area contributed by atoms with Crippen LogP contribution in [0.5, 0.6) is 0 Å². The number of carbonyl (C=O) groups excluding carboxylic acids is 2. The van der Waals surface area contributed by atoms with Crippen molar-refractivity contribution < 1.29 is 24.2 Å². The lowest BCUT2D eigenvalue weighted by atomic mass is 9.80. The predicted octanol–water partition coefficient (Wildman–Crippen LogP) is 5.84. The van der Waals surface area contributed by atoms with Crippen LogP contribution in [0.2, 0.25) is 0 Å². The molecule has 1 aliphatic carbocycles. The molecule has 0 saturated heterocycles. The molecule has 4 aromatic rings. The van der Waals surface area contributed by atoms with Crippen LogP contribution in [-0.2, 0) is 11.3 Å². The summed E-state index contributed by atoms with van der Waals surface area (Å²) >= 11 is 0. The smallest absolute Gasteiger partial charge is 0.335 e. The summed E-state index contributed by atoms with van der Waals surface area (Å²) in [5.41, 5.74) is 2.47. The zero-order valence-corrected chi connectivity index (χ0v) is 18.8. The van der Waals surface area contributed by atoms with Crippen molar-refractivity contribution in [2.24, 2.45) is 0 Å². The van der Waals surface area contributed by atoms with Gasteiger partial charge in [-0.3, -0.25) is 9.59 Å². The summed E-state index contributed by atoms with van der Waals surface area (Å²) in [5.74, 6) is -2.31. The van der Waals surface area contributed by atoms with Crippen molar-refractivity contribution in [1.82, 2.24) is 0 Å². The number of hydrogen-bond acceptors (Lipinski definition) is 4. The van der Waals surface area contributed by atoms with E-state index in [9.17, 15) is 19.5 Å². The summed E-state index contributed by atoms with van der Waals surface area (Å²) in [6.07, 6.45) is 1.37. The van der Waals surface area contributed by atoms with Gasteiger partial charge in [-0.2, -0.15) is 0 Å². The maximum atomic E-state index is 13.5. The van der Waals surface area contributed by atoms with E-state index < -0.39 is 11.9 Å². The predicted molar refractivity (Wildman–Crippen MR) is 133 cm³/mol. The van der Waals surface area contributed by atoms with E-state index >= 15 is 0 Å². The molecule has 0 radical (unpaired) electrons. The highest BCUT2D eigenvalue weighted by Gasteiger charge is 2.32. The van der Waals surface area contributed by atoms with Crippen molar-refractivity contribution >= 4 is 28.3 Å². The minimum absolute atomic E-state index is 0.0328. The lowest BCUT2D eigenvalue weighted by Gasteiger charge is -2.24. The van der Waals surface area contributed by atoms with Crippen LogP contribution in [-0.4, -0.2) is 29.2 Å². The maximum Gasteiger partial charge on any atom is 0.335 e. The molecule has 0 heterocycles. The average molecular weight is 463 g/mol. The van der Waals surface area contributed by atoms with E-state index in [0.717, 1.165) is 21.9 Å². The molecule has 0 saturated carbocycles. The van der Waals surface area contributed by atoms with E-state index in [2.05, 4.69) is 0 Å². The van der Waals surface area contributed by atoms with Crippen LogP contribution in [0, 0.1) is 0 Å². The van der Waals surface area contributed by atoms with Crippen LogP contribution in [0.3, 0.4) is 0 Å². The summed E-state index contributed by atoms with van der Waals surface area (Å²) in [6, 6.07) is 27.6. The molecule has 0 spiro atoms. The number of carboxylic acid groups (broad SMARTS) is 1. The SMILES string of the molecule is O=C(O)c1ccc2c(c1)C(=O)C([C@H](COCc1cccc3ccccc13)c1ccccc1)=CC2=O. The number of Topliss-reactive ketones (excluding diaryl/α,β-unsaturated/α-hetero) is 1. The molecule has 0 aliphatic heterocycles. The van der Waals surface area contributed by atoms with Crippen molar-refractivity contribution in [1.29, 1.82) is 0 Å². The zero-order chi connectivity index (χ0) is 24.4. The van der Waals surface area contributed by atoms with Crippen LogP contribution in [0.4, 0.5) is 0 Å². The Bertz CT molecular complexity index is 1480. The number of carboxylic acids is 1. The quantitative estimate of drug-likeness (QED) is 0.373. The van der Waals surface area contributed by atoms with Crippen LogP contribution in [0.15, 0.2) is 103 Å². The summed E-state index contributed by atoms with van der Waals surface area (Å²) in [6.45, 7) is 0.534. The van der Waals surface area contributed by atoms with Gasteiger partial charge in [0, 0.05) is 22.6 Å². The fourth-order valence-electron chi connectivity index (χ4n) is 4.53. The van der Waals surface area contributed by atoms with Crippen molar-refractivity contribution in [3.8, 4) is 0 Å². The molecule has 1 atom stereocenters. The maximum absolute atomic E-state index is 13.5. The van der Waals surface area contributed by atoms with Gasteiger partial charge in [0.15, 0.2) is 11.6 Å². The first-order chi connectivity index (χ1) is 17.0. The van der Waals surface area contributed by atoms with Crippen LogP contribution >= 0.6 is 0 Å². The van der Waals surface area contributed by atoms with Gasteiger partial charge >= 0.3 is 5.97 Å². The van der Waals surface area contributed by atoms with Crippen molar-refractivity contribution in [2.75, 3.05) is 6.61 Å². The third-order valence-electron chi connectivity index (χ3n) is 6.32. The van der Waals surface area contributed by atoms with Gasteiger partial charge in [-0.1, -0.05) is 72.8 Å². The number of rotatable bonds is 7. The van der Waals surface area contributed by atoms with Crippen LogP contribution < -0.4 is 0 Å². The fourth-order valence-corrected chi connectivity index (χ4v) is 4.53. The molecule has 4 aromatic carbocycles. The second kappa shape index (κ2) is 9.49. The van der Waals surface area contributed by atoms with Crippen molar-refractivity contribution in [2.45, 2.75) is 12.5 Å². The number of carbonyl (C=O) groups is 3. The van der Waals surface area contributed by atoms with E-state index in [-0.39, 0.29) is 34.9 Å². The van der Waals surface area contributed by atoms with Gasteiger partial charge in [0.05, 0.1) is 18.8 Å². The minimum atomic E-state index is -1.15. The van der Waals surface area contributed by atoms with Gasteiger partial charge in [-0.15, -0.1) is 0 Å². The zero-order valence-electron chi connectivity index (χ0n) is 18.8. The highest BCUT2D eigenvalue weighted by Crippen LogP contribution is 2.33. The van der Waals surface area contributed by atoms with E-state index in [1.807, 2.05) is 72.8 Å². The number of benzene rings is 4. The summed E-state index contributed by atoms with van der Waals surface area (Å²) in [5, 5.41) is 11.6. The van der Waals surface area contributed by atoms with Gasteiger partial charge in [0.25, 0.3) is 0 Å². The number of ether oxygens (including phenoxy) is 1. The molecule has 0 unspecified atom stereocenters. The fraction of sp³-hybridized carbons (Fsp3) is 0.100. The molecule has 0 amide bonds. The van der Waals surface area contributed by atoms with E-state index in [1.54, 1.807) is 0 Å². The third kappa shape index (κ3) is 4.42. The Kier molecular flexibility index (Phi) is 6.08. The number of hydrogen-bond donors (Lipinski definition) is 1. The lowest BCUT2D eigenvalue weighted by Crippen LogP contribution is -2.24. The molecule has 0 bridgehead atoms. The first-order valence-corrected chi connectivity index (χ1v) is 11.3. The van der Waals surface area contributed by atoms with Gasteiger partial charge in [-0.25, -0.2) is 4.79 Å². The minimum Gasteiger partial charge on any atom is -0.478 e. The third-order valence-corrected chi connectivity index (χ3v) is 6.32. The average Bonchev–Trinajstić information content (AvgIpc) is 2.89. The first kappa shape index (κ1) is 22.4. The number of ketones is 2. The van der Waals surface area contributed by atoms with Crippen molar-refractivity contribution in [3.05, 3.63) is 130 Å². The van der Waals surface area contributed by atoms with E-state index in [1.165, 1.54) is 24.3 Å². The topological polar surface area (TPSA) is 80.7 Å². The highest BCUT2D eigenvalue weighted by molar-refractivity contribution is 6.25. The monoisotopic (exact) mass is 462 g/mol. The second-order valence-electron chi connectivity index (χ2n) is 8.48. The largest absolute Gasteiger partial charge is 0.478 e. The molecule has 35 heavy (non-hydrogen) atoms. The van der Waals surface area contributed by atoms with Crippen LogP contribution in [0.1, 0.15) is 48.1 Å². The van der Waals surface area contributed by atoms with E-state index in [0.29, 0.717) is 12.2 Å². The molecule has 5 nitrogen and oxygen atoms in total. The van der Waals surface area contributed by atoms with E-state index in [4.69, 9.17) is 4.74 Å². The Balaban J connectivity index is 1.46. The van der Waals surface area contributed by atoms with Gasteiger partial charge in [-0.05, 0) is 46.2 Å². The Morgan fingerprint density at radius 2 is 1.57 bits per heavy atom. The lowest BCUT2D eigenvalue weighted by molar-refractivity contribution is 0.0696. The number of fused-ring (bicyclic) bond motifs is 2. The molecule has 172 valence electrons. The second-order valence-corrected chi connectivity index (χ2v) is 8.48. The van der Waals surface area contributed by atoms with Crippen molar-refractivity contribution in [3.63, 3.8) is 0 Å². The van der Waals surface area contributed by atoms with Gasteiger partial charge in [0.2, 0.25) is 0 Å². The highest BCUT2D eigenvalue weighted by atomic mass is 16.5. The summed E-state index contributed by atoms with van der Waals surface area (Å²) in [7, 11) is 0. The Hall–Kier alpha value is -4.35. The molecule has 0 fully saturated rings. The summed E-state index contributed by atoms with van der Waals surface area (Å²) < 4.78 is 6.13. The molecule has 5 heteroatoms. The Labute approximate surface area is 202 Å². The molecular weight excluding hydrogens is 440 g/mol. The summed E-state index contributed by atoms with van der Waals surface area (Å²) in [4.78, 5) is 37.8. The number of allylic oxidation sites excluding steroid dienone is 1. The standard InChI is InChI=1S/C30H22O5/c31-28-16-26(29(32)25-15-21(30(33)34)13-14-24(25)28)27(20-7-2-1-3-8-20)18-35-17-22-11-6-10-19-9-4-5-12-23(19)22/h1-16,27H,17-18H2,(H,33,34)/t27-/m1/s1. The molecule has 0 aromatic heterocycles. The molecule has 5 rings (SSSR count). The van der Waals surface area contributed by atoms with Gasteiger partial charge in [0.1, 0.15) is 0 Å². The molecule has 1 N–H and O–H groups in total. The Morgan fingerprint density at radius 3 is 2.37 bits per heavy atom. The van der Waals surface area contributed by atoms with Gasteiger partial charge < -0.3 is 9.84 Å². The Morgan fingerprint density at radius 1 is 0.829 bits per heavy atom. The molecular formula is C30H22O5. The molecule has 1 aliphatic rings. The normalized spacial score (nSPS) is 13.9.